The first kappa shape index (κ1) is 13.1. The standard InChI is InChI=1S/C11H11BrF2N2/c1-2-3-4-9(16-15)7-5-6-8(13)11(14)10(7)12/h5-6,9,16H,4,15H2,1H3. The van der Waals surface area contributed by atoms with Gasteiger partial charge in [-0.1, -0.05) is 6.07 Å². The molecule has 1 atom stereocenters. The maximum atomic E-state index is 13.3. The molecule has 2 nitrogen and oxygen atoms in total. The first-order valence-corrected chi connectivity index (χ1v) is 5.40. The number of halogens is 3. The molecule has 0 saturated carbocycles. The van der Waals surface area contributed by atoms with E-state index >= 15 is 0 Å². The number of hydrazine groups is 1. The smallest absolute Gasteiger partial charge is 0.173 e. The van der Waals surface area contributed by atoms with Crippen molar-refractivity contribution in [1.82, 2.24) is 5.43 Å². The lowest BCUT2D eigenvalue weighted by atomic mass is 10.0. The fourth-order valence-electron chi connectivity index (χ4n) is 1.27. The van der Waals surface area contributed by atoms with E-state index < -0.39 is 11.6 Å². The Morgan fingerprint density at radius 2 is 2.19 bits per heavy atom. The van der Waals surface area contributed by atoms with Crippen LogP contribution in [0.4, 0.5) is 8.78 Å². The molecule has 5 heteroatoms. The van der Waals surface area contributed by atoms with Gasteiger partial charge >= 0.3 is 0 Å². The van der Waals surface area contributed by atoms with Gasteiger partial charge in [-0.2, -0.15) is 0 Å². The molecule has 0 saturated heterocycles. The van der Waals surface area contributed by atoms with Crippen molar-refractivity contribution < 1.29 is 8.78 Å². The molecule has 0 heterocycles. The molecule has 0 aliphatic carbocycles. The van der Waals surface area contributed by atoms with Gasteiger partial charge in [0.25, 0.3) is 0 Å². The van der Waals surface area contributed by atoms with E-state index in [2.05, 4.69) is 33.2 Å². The van der Waals surface area contributed by atoms with Crippen LogP contribution in [0.2, 0.25) is 0 Å². The highest BCUT2D eigenvalue weighted by Gasteiger charge is 2.17. The second kappa shape index (κ2) is 5.94. The van der Waals surface area contributed by atoms with Crippen LogP contribution in [0.5, 0.6) is 0 Å². The van der Waals surface area contributed by atoms with Gasteiger partial charge in [0.2, 0.25) is 0 Å². The highest BCUT2D eigenvalue weighted by molar-refractivity contribution is 9.10. The van der Waals surface area contributed by atoms with Crippen molar-refractivity contribution >= 4 is 15.9 Å². The summed E-state index contributed by atoms with van der Waals surface area (Å²) in [5.41, 5.74) is 3.06. The number of rotatable bonds is 3. The minimum absolute atomic E-state index is 0.0772. The zero-order valence-electron chi connectivity index (χ0n) is 8.65. The summed E-state index contributed by atoms with van der Waals surface area (Å²) < 4.78 is 26.3. The molecule has 0 bridgehead atoms. The average Bonchev–Trinajstić information content (AvgIpc) is 2.29. The summed E-state index contributed by atoms with van der Waals surface area (Å²) in [7, 11) is 0. The normalized spacial score (nSPS) is 11.8. The van der Waals surface area contributed by atoms with Gasteiger partial charge in [-0.05, 0) is 34.5 Å². The lowest BCUT2D eigenvalue weighted by Crippen LogP contribution is -2.28. The van der Waals surface area contributed by atoms with Gasteiger partial charge < -0.3 is 0 Å². The molecule has 1 unspecified atom stereocenters. The minimum atomic E-state index is -0.915. The first-order valence-electron chi connectivity index (χ1n) is 4.61. The second-order valence-electron chi connectivity index (χ2n) is 3.11. The van der Waals surface area contributed by atoms with E-state index in [0.29, 0.717) is 12.0 Å². The minimum Gasteiger partial charge on any atom is -0.271 e. The molecule has 1 rings (SSSR count). The first-order chi connectivity index (χ1) is 7.61. The fourth-order valence-corrected chi connectivity index (χ4v) is 1.87. The fraction of sp³-hybridized carbons (Fsp3) is 0.273. The van der Waals surface area contributed by atoms with Crippen molar-refractivity contribution in [3.05, 3.63) is 33.8 Å². The molecule has 0 aromatic heterocycles. The van der Waals surface area contributed by atoms with Gasteiger partial charge in [-0.15, -0.1) is 11.8 Å². The predicted octanol–water partition coefficient (Wildman–Crippen LogP) is 2.65. The molecule has 3 N–H and O–H groups in total. The van der Waals surface area contributed by atoms with Crippen molar-refractivity contribution in [2.24, 2.45) is 5.84 Å². The van der Waals surface area contributed by atoms with Crippen molar-refractivity contribution in [2.45, 2.75) is 19.4 Å². The van der Waals surface area contributed by atoms with E-state index in [-0.39, 0.29) is 10.5 Å². The molecular weight excluding hydrogens is 278 g/mol. The Morgan fingerprint density at radius 3 is 2.75 bits per heavy atom. The monoisotopic (exact) mass is 288 g/mol. The number of hydrogen-bond acceptors (Lipinski definition) is 2. The molecule has 0 aliphatic rings. The summed E-state index contributed by atoms with van der Waals surface area (Å²) >= 11 is 3.01. The number of hydrogen-bond donors (Lipinski definition) is 2. The Kier molecular flexibility index (Phi) is 4.87. The SMILES string of the molecule is CC#CCC(NN)c1ccc(F)c(F)c1Br. The molecule has 16 heavy (non-hydrogen) atoms. The number of benzene rings is 1. The van der Waals surface area contributed by atoms with Crippen LogP contribution in [0.3, 0.4) is 0 Å². The summed E-state index contributed by atoms with van der Waals surface area (Å²) in [5.74, 6) is 9.09. The molecule has 0 aliphatic heterocycles. The van der Waals surface area contributed by atoms with Crippen LogP contribution in [0.25, 0.3) is 0 Å². The van der Waals surface area contributed by atoms with Crippen molar-refractivity contribution in [2.75, 3.05) is 0 Å². The Morgan fingerprint density at radius 1 is 1.50 bits per heavy atom. The summed E-state index contributed by atoms with van der Waals surface area (Å²) in [6.45, 7) is 1.70. The number of nitrogens with two attached hydrogens (primary N) is 1. The quantitative estimate of drug-likeness (QED) is 0.388. The van der Waals surface area contributed by atoms with Crippen LogP contribution in [0.15, 0.2) is 16.6 Å². The summed E-state index contributed by atoms with van der Waals surface area (Å²) in [4.78, 5) is 0. The second-order valence-corrected chi connectivity index (χ2v) is 3.91. The molecule has 0 radical (unpaired) electrons. The van der Waals surface area contributed by atoms with Gasteiger partial charge in [0, 0.05) is 6.42 Å². The van der Waals surface area contributed by atoms with E-state index in [0.717, 1.165) is 6.07 Å². The average molecular weight is 289 g/mol. The Hall–Kier alpha value is -0.960. The molecule has 0 amide bonds. The maximum absolute atomic E-state index is 13.3. The van der Waals surface area contributed by atoms with E-state index in [1.807, 2.05) is 0 Å². The Bertz CT molecular complexity index is 438. The van der Waals surface area contributed by atoms with Gasteiger partial charge in [0.1, 0.15) is 0 Å². The Balaban J connectivity index is 3.09. The third-order valence-corrected chi connectivity index (χ3v) is 2.93. The number of nitrogens with one attached hydrogen (secondary N) is 1. The van der Waals surface area contributed by atoms with E-state index in [1.54, 1.807) is 6.92 Å². The van der Waals surface area contributed by atoms with E-state index in [9.17, 15) is 8.78 Å². The van der Waals surface area contributed by atoms with Crippen molar-refractivity contribution in [3.8, 4) is 11.8 Å². The highest BCUT2D eigenvalue weighted by Crippen LogP contribution is 2.28. The van der Waals surface area contributed by atoms with Crippen molar-refractivity contribution in [1.29, 1.82) is 0 Å². The van der Waals surface area contributed by atoms with Gasteiger partial charge in [0.05, 0.1) is 10.5 Å². The summed E-state index contributed by atoms with van der Waals surface area (Å²) in [6.07, 6.45) is 0.427. The van der Waals surface area contributed by atoms with E-state index in [1.165, 1.54) is 6.07 Å². The molecular formula is C11H11BrF2N2. The van der Waals surface area contributed by atoms with Gasteiger partial charge in [-0.3, -0.25) is 11.3 Å². The zero-order chi connectivity index (χ0) is 12.1. The van der Waals surface area contributed by atoms with Crippen LogP contribution in [-0.2, 0) is 0 Å². The third-order valence-electron chi connectivity index (χ3n) is 2.12. The predicted molar refractivity (Wildman–Crippen MR) is 62.2 cm³/mol. The Labute approximate surface area is 101 Å². The van der Waals surface area contributed by atoms with Crippen molar-refractivity contribution in [3.63, 3.8) is 0 Å². The summed E-state index contributed by atoms with van der Waals surface area (Å²) in [5, 5.41) is 0. The van der Waals surface area contributed by atoms with Gasteiger partial charge in [0.15, 0.2) is 11.6 Å². The lowest BCUT2D eigenvalue weighted by Gasteiger charge is -2.15. The van der Waals surface area contributed by atoms with Crippen LogP contribution < -0.4 is 11.3 Å². The van der Waals surface area contributed by atoms with Crippen LogP contribution in [0, 0.1) is 23.5 Å². The third kappa shape index (κ3) is 2.79. The molecule has 86 valence electrons. The maximum Gasteiger partial charge on any atom is 0.173 e. The van der Waals surface area contributed by atoms with Crippen LogP contribution in [0.1, 0.15) is 24.9 Å². The topological polar surface area (TPSA) is 38.0 Å². The van der Waals surface area contributed by atoms with Gasteiger partial charge in [-0.25, -0.2) is 8.78 Å². The molecule has 1 aromatic rings. The highest BCUT2D eigenvalue weighted by atomic mass is 79.9. The zero-order valence-corrected chi connectivity index (χ0v) is 10.2. The van der Waals surface area contributed by atoms with Crippen LogP contribution >= 0.6 is 15.9 Å². The largest absolute Gasteiger partial charge is 0.271 e. The molecule has 1 aromatic carbocycles. The molecule has 0 fully saturated rings. The lowest BCUT2D eigenvalue weighted by molar-refractivity contribution is 0.493. The molecule has 0 spiro atoms. The van der Waals surface area contributed by atoms with Crippen LogP contribution in [-0.4, -0.2) is 0 Å². The van der Waals surface area contributed by atoms with E-state index in [4.69, 9.17) is 5.84 Å². The summed E-state index contributed by atoms with van der Waals surface area (Å²) in [6, 6.07) is 2.21.